The van der Waals surface area contributed by atoms with Gasteiger partial charge in [0.25, 0.3) is 10.0 Å². The molecule has 0 saturated carbocycles. The van der Waals surface area contributed by atoms with Crippen LogP contribution in [-0.4, -0.2) is 32.4 Å². The molecule has 2 rings (SSSR count). The minimum Gasteiger partial charge on any atom is -0.330 e. The first kappa shape index (κ1) is 12.0. The van der Waals surface area contributed by atoms with E-state index in [1.807, 2.05) is 0 Å². The van der Waals surface area contributed by atoms with Crippen molar-refractivity contribution in [2.45, 2.75) is 17.1 Å². The van der Waals surface area contributed by atoms with E-state index in [2.05, 4.69) is 0 Å². The highest BCUT2D eigenvalue weighted by Crippen LogP contribution is 2.25. The van der Waals surface area contributed by atoms with Gasteiger partial charge in [0, 0.05) is 13.1 Å². The van der Waals surface area contributed by atoms with Gasteiger partial charge >= 0.3 is 0 Å². The Morgan fingerprint density at radius 1 is 1.44 bits per heavy atom. The molecule has 1 aliphatic heterocycles. The largest absolute Gasteiger partial charge is 0.330 e. The SMILES string of the molecule is NCC1CCN(S(=O)(=O)c2cccs2)CC1. The summed E-state index contributed by atoms with van der Waals surface area (Å²) in [5, 5.41) is 1.79. The molecule has 1 aliphatic rings. The van der Waals surface area contributed by atoms with Gasteiger partial charge in [-0.2, -0.15) is 4.31 Å². The maximum Gasteiger partial charge on any atom is 0.252 e. The second kappa shape index (κ2) is 4.83. The molecule has 0 aliphatic carbocycles. The molecule has 16 heavy (non-hydrogen) atoms. The highest BCUT2D eigenvalue weighted by Gasteiger charge is 2.29. The molecule has 1 aromatic heterocycles. The Balaban J connectivity index is 2.09. The van der Waals surface area contributed by atoms with Gasteiger partial charge < -0.3 is 5.73 Å². The van der Waals surface area contributed by atoms with Crippen molar-refractivity contribution in [2.24, 2.45) is 11.7 Å². The number of thiophene rings is 1. The van der Waals surface area contributed by atoms with Crippen molar-refractivity contribution < 1.29 is 8.42 Å². The van der Waals surface area contributed by atoms with Crippen LogP contribution in [0.3, 0.4) is 0 Å². The molecule has 0 radical (unpaired) electrons. The normalized spacial score (nSPS) is 20.1. The average Bonchev–Trinajstić information content (AvgIpc) is 2.83. The van der Waals surface area contributed by atoms with Crippen molar-refractivity contribution in [2.75, 3.05) is 19.6 Å². The summed E-state index contributed by atoms with van der Waals surface area (Å²) in [5.41, 5.74) is 5.59. The summed E-state index contributed by atoms with van der Waals surface area (Å²) in [6.07, 6.45) is 1.75. The van der Waals surface area contributed by atoms with Gasteiger partial charge in [-0.3, -0.25) is 0 Å². The highest BCUT2D eigenvalue weighted by atomic mass is 32.2. The van der Waals surface area contributed by atoms with Crippen LogP contribution in [0.2, 0.25) is 0 Å². The van der Waals surface area contributed by atoms with Gasteiger partial charge in [0.15, 0.2) is 0 Å². The van der Waals surface area contributed by atoms with E-state index in [4.69, 9.17) is 5.73 Å². The Bertz CT molecular complexity index is 420. The molecule has 90 valence electrons. The van der Waals surface area contributed by atoms with Gasteiger partial charge in [-0.05, 0) is 36.8 Å². The van der Waals surface area contributed by atoms with Gasteiger partial charge in [-0.1, -0.05) is 6.07 Å². The first-order valence-corrected chi connectivity index (χ1v) is 7.70. The third-order valence-corrected chi connectivity index (χ3v) is 6.27. The van der Waals surface area contributed by atoms with Crippen LogP contribution in [0, 0.1) is 5.92 Å². The lowest BCUT2D eigenvalue weighted by atomic mass is 9.99. The second-order valence-corrected chi connectivity index (χ2v) is 7.13. The van der Waals surface area contributed by atoms with Crippen molar-refractivity contribution in [3.8, 4) is 0 Å². The fraction of sp³-hybridized carbons (Fsp3) is 0.600. The Hall–Kier alpha value is -0.430. The molecule has 2 N–H and O–H groups in total. The van der Waals surface area contributed by atoms with Crippen LogP contribution >= 0.6 is 11.3 Å². The molecule has 4 nitrogen and oxygen atoms in total. The maximum atomic E-state index is 12.1. The molecule has 1 saturated heterocycles. The van der Waals surface area contributed by atoms with Crippen LogP contribution in [-0.2, 0) is 10.0 Å². The van der Waals surface area contributed by atoms with Crippen molar-refractivity contribution in [3.63, 3.8) is 0 Å². The summed E-state index contributed by atoms with van der Waals surface area (Å²) >= 11 is 1.28. The van der Waals surface area contributed by atoms with E-state index in [0.717, 1.165) is 12.8 Å². The van der Waals surface area contributed by atoms with Crippen molar-refractivity contribution in [1.29, 1.82) is 0 Å². The van der Waals surface area contributed by atoms with E-state index in [-0.39, 0.29) is 0 Å². The molecular weight excluding hydrogens is 244 g/mol. The number of hydrogen-bond donors (Lipinski definition) is 1. The molecule has 0 unspecified atom stereocenters. The molecule has 2 heterocycles. The number of sulfonamides is 1. The first-order valence-electron chi connectivity index (χ1n) is 5.38. The lowest BCUT2D eigenvalue weighted by Gasteiger charge is -2.30. The van der Waals surface area contributed by atoms with Crippen LogP contribution in [0.4, 0.5) is 0 Å². The number of rotatable bonds is 3. The van der Waals surface area contributed by atoms with Gasteiger partial charge in [-0.25, -0.2) is 8.42 Å². The van der Waals surface area contributed by atoms with Crippen LogP contribution in [0.25, 0.3) is 0 Å². The summed E-state index contributed by atoms with van der Waals surface area (Å²) in [7, 11) is -3.24. The van der Waals surface area contributed by atoms with E-state index in [1.54, 1.807) is 21.8 Å². The standard InChI is InChI=1S/C10H16N2O2S2/c11-8-9-3-5-12(6-4-9)16(13,14)10-2-1-7-15-10/h1-2,7,9H,3-6,8,11H2. The quantitative estimate of drug-likeness (QED) is 0.885. The molecule has 0 bridgehead atoms. The van der Waals surface area contributed by atoms with Crippen molar-refractivity contribution in [3.05, 3.63) is 17.5 Å². The third kappa shape index (κ3) is 2.29. The zero-order valence-electron chi connectivity index (χ0n) is 9.00. The number of piperidine rings is 1. The van der Waals surface area contributed by atoms with Crippen LogP contribution < -0.4 is 5.73 Å². The summed E-state index contributed by atoms with van der Waals surface area (Å²) in [6.45, 7) is 1.86. The topological polar surface area (TPSA) is 63.4 Å². The summed E-state index contributed by atoms with van der Waals surface area (Å²) < 4.78 is 26.3. The van der Waals surface area contributed by atoms with Gasteiger partial charge in [0.05, 0.1) is 0 Å². The van der Waals surface area contributed by atoms with E-state index in [1.165, 1.54) is 11.3 Å². The van der Waals surface area contributed by atoms with Gasteiger partial charge in [0.1, 0.15) is 4.21 Å². The average molecular weight is 260 g/mol. The number of nitrogens with two attached hydrogens (primary N) is 1. The molecule has 1 aromatic rings. The third-order valence-electron chi connectivity index (χ3n) is 3.00. The Kier molecular flexibility index (Phi) is 3.63. The fourth-order valence-corrected chi connectivity index (χ4v) is 4.54. The van der Waals surface area contributed by atoms with Crippen LogP contribution in [0.1, 0.15) is 12.8 Å². The predicted octanol–water partition coefficient (Wildman–Crippen LogP) is 1.11. The van der Waals surface area contributed by atoms with E-state index in [9.17, 15) is 8.42 Å². The summed E-state index contributed by atoms with van der Waals surface area (Å²) in [4.78, 5) is 0. The number of nitrogens with zero attached hydrogens (tertiary/aromatic N) is 1. The minimum atomic E-state index is -3.24. The fourth-order valence-electron chi connectivity index (χ4n) is 1.92. The summed E-state index contributed by atoms with van der Waals surface area (Å²) in [6, 6.07) is 3.43. The lowest BCUT2D eigenvalue weighted by molar-refractivity contribution is 0.279. The Morgan fingerprint density at radius 3 is 2.62 bits per heavy atom. The molecule has 6 heteroatoms. The highest BCUT2D eigenvalue weighted by molar-refractivity contribution is 7.91. The molecule has 1 fully saturated rings. The first-order chi connectivity index (χ1) is 7.64. The predicted molar refractivity (Wildman–Crippen MR) is 64.9 cm³/mol. The maximum absolute atomic E-state index is 12.1. The zero-order valence-corrected chi connectivity index (χ0v) is 10.6. The second-order valence-electron chi connectivity index (χ2n) is 4.02. The van der Waals surface area contributed by atoms with E-state index in [0.29, 0.717) is 29.8 Å². The molecular formula is C10H16N2O2S2. The smallest absolute Gasteiger partial charge is 0.252 e. The van der Waals surface area contributed by atoms with Crippen LogP contribution in [0.5, 0.6) is 0 Å². The monoisotopic (exact) mass is 260 g/mol. The van der Waals surface area contributed by atoms with Crippen molar-refractivity contribution >= 4 is 21.4 Å². The van der Waals surface area contributed by atoms with E-state index >= 15 is 0 Å². The Morgan fingerprint density at radius 2 is 2.12 bits per heavy atom. The number of hydrogen-bond acceptors (Lipinski definition) is 4. The van der Waals surface area contributed by atoms with Crippen molar-refractivity contribution in [1.82, 2.24) is 4.31 Å². The molecule has 0 aromatic carbocycles. The Labute approximate surface area is 100 Å². The van der Waals surface area contributed by atoms with Gasteiger partial charge in [0.2, 0.25) is 0 Å². The van der Waals surface area contributed by atoms with Crippen LogP contribution in [0.15, 0.2) is 21.7 Å². The molecule has 0 amide bonds. The van der Waals surface area contributed by atoms with E-state index < -0.39 is 10.0 Å². The van der Waals surface area contributed by atoms with Gasteiger partial charge in [-0.15, -0.1) is 11.3 Å². The molecule has 0 atom stereocenters. The molecule has 0 spiro atoms. The minimum absolute atomic E-state index is 0.443. The summed E-state index contributed by atoms with van der Waals surface area (Å²) in [5.74, 6) is 0.481. The zero-order chi connectivity index (χ0) is 11.6. The lowest BCUT2D eigenvalue weighted by Crippen LogP contribution is -2.39.